The Kier molecular flexibility index (Phi) is 10.3. The molecule has 11 heteroatoms. The summed E-state index contributed by atoms with van der Waals surface area (Å²) in [5.74, 6) is -0.351. The summed E-state index contributed by atoms with van der Waals surface area (Å²) >= 11 is 0. The quantitative estimate of drug-likeness (QED) is 0.314. The second-order valence-corrected chi connectivity index (χ2v) is 16.7. The van der Waals surface area contributed by atoms with Crippen molar-refractivity contribution in [2.75, 3.05) is 6.54 Å². The van der Waals surface area contributed by atoms with Gasteiger partial charge in [-0.2, -0.15) is 0 Å². The number of alkyl carbamates (subject to hydrolysis) is 1. The van der Waals surface area contributed by atoms with Gasteiger partial charge in [0.05, 0.1) is 23.7 Å². The number of hydrogen-bond acceptors (Lipinski definition) is 7. The third-order valence-electron chi connectivity index (χ3n) is 11.8. The van der Waals surface area contributed by atoms with E-state index in [1.165, 1.54) is 6.42 Å². The van der Waals surface area contributed by atoms with Crippen LogP contribution in [0.25, 0.3) is 0 Å². The third kappa shape index (κ3) is 7.15. The van der Waals surface area contributed by atoms with Gasteiger partial charge < -0.3 is 29.6 Å². The highest BCUT2D eigenvalue weighted by molar-refractivity contribution is 6.48. The molecule has 6 fully saturated rings. The topological polar surface area (TPSA) is 123 Å². The number of carbonyl (C=O) groups is 4. The summed E-state index contributed by atoms with van der Waals surface area (Å²) in [6.45, 7) is 16.4. The van der Waals surface area contributed by atoms with Crippen LogP contribution in [0.4, 0.5) is 4.79 Å². The number of nitrogens with zero attached hydrogens (tertiary/aromatic N) is 1. The lowest BCUT2D eigenvalue weighted by molar-refractivity contribution is -0.185. The van der Waals surface area contributed by atoms with E-state index in [4.69, 9.17) is 14.0 Å². The van der Waals surface area contributed by atoms with Crippen molar-refractivity contribution in [1.82, 2.24) is 15.5 Å². The van der Waals surface area contributed by atoms with E-state index < -0.39 is 36.8 Å². The molecule has 8 atom stereocenters. The molecule has 4 aliphatic carbocycles. The largest absolute Gasteiger partial charge is 0.481 e. The molecule has 0 aromatic carbocycles. The third-order valence-corrected chi connectivity index (χ3v) is 11.8. The standard InChI is InChI=1S/C35H58BN3O7/c1-9-25(31(42)39-17-13-16-27(39)36-45-29-24-19-23(34(24,6)7)20-35(29,8)46-36)37-30(41)21(2)18-26(40)28(22-14-11-10-12-15-22)38-32(43)44-33(3,4)5/h21-25,27-29H,9-20H2,1-8H3,(H,37,41)(H,38,43)/t21?,23?,24?,25?,27?,28?,29?,35-/m0/s1. The first kappa shape index (κ1) is 35.2. The van der Waals surface area contributed by atoms with Crippen LogP contribution in [-0.4, -0.2) is 77.6 Å². The van der Waals surface area contributed by atoms with Gasteiger partial charge in [-0.1, -0.05) is 47.0 Å². The van der Waals surface area contributed by atoms with Gasteiger partial charge in [0, 0.05) is 18.9 Å². The van der Waals surface area contributed by atoms with Gasteiger partial charge in [-0.25, -0.2) is 4.79 Å². The van der Waals surface area contributed by atoms with Gasteiger partial charge in [-0.05, 0) is 95.8 Å². The molecule has 2 bridgehead atoms. The second kappa shape index (κ2) is 13.4. The zero-order valence-corrected chi connectivity index (χ0v) is 29.5. The van der Waals surface area contributed by atoms with Crippen LogP contribution in [0.2, 0.25) is 0 Å². The molecule has 0 aromatic heterocycles. The molecule has 2 heterocycles. The summed E-state index contributed by atoms with van der Waals surface area (Å²) < 4.78 is 18.7. The lowest BCUT2D eigenvalue weighted by Gasteiger charge is -2.63. The molecule has 2 saturated heterocycles. The lowest BCUT2D eigenvalue weighted by Crippen LogP contribution is -2.63. The Labute approximate surface area is 276 Å². The summed E-state index contributed by atoms with van der Waals surface area (Å²) in [4.78, 5) is 55.5. The van der Waals surface area contributed by atoms with Crippen molar-refractivity contribution in [3.8, 4) is 0 Å². The number of Topliss-reactive ketones (excluding diaryl/α,β-unsaturated/α-hetero) is 1. The predicted octanol–water partition coefficient (Wildman–Crippen LogP) is 5.21. The smallest absolute Gasteiger partial charge is 0.444 e. The molecular formula is C35H58BN3O7. The van der Waals surface area contributed by atoms with Gasteiger partial charge in [0.1, 0.15) is 11.6 Å². The normalized spacial score (nSPS) is 32.5. The first-order valence-electron chi connectivity index (χ1n) is 18.0. The van der Waals surface area contributed by atoms with Crippen molar-refractivity contribution in [1.29, 1.82) is 0 Å². The van der Waals surface area contributed by atoms with Crippen molar-refractivity contribution < 1.29 is 33.2 Å². The highest BCUT2D eigenvalue weighted by Crippen LogP contribution is 2.65. The molecule has 2 N–H and O–H groups in total. The van der Waals surface area contributed by atoms with Crippen LogP contribution in [0.5, 0.6) is 0 Å². The maximum atomic E-state index is 13.9. The zero-order chi connectivity index (χ0) is 33.6. The van der Waals surface area contributed by atoms with Crippen molar-refractivity contribution in [3.63, 3.8) is 0 Å². The summed E-state index contributed by atoms with van der Waals surface area (Å²) in [7, 11) is -0.462. The van der Waals surface area contributed by atoms with Crippen LogP contribution in [-0.2, 0) is 28.4 Å². The summed E-state index contributed by atoms with van der Waals surface area (Å²) in [5.41, 5.74) is -0.748. The Balaban J connectivity index is 1.18. The van der Waals surface area contributed by atoms with Crippen LogP contribution in [0.1, 0.15) is 126 Å². The first-order valence-corrected chi connectivity index (χ1v) is 18.0. The Bertz CT molecular complexity index is 1170. The van der Waals surface area contributed by atoms with Crippen LogP contribution in [0.3, 0.4) is 0 Å². The number of carbonyl (C=O) groups excluding carboxylic acids is 4. The monoisotopic (exact) mass is 643 g/mol. The zero-order valence-electron chi connectivity index (χ0n) is 29.5. The molecule has 0 radical (unpaired) electrons. The van der Waals surface area contributed by atoms with E-state index in [1.54, 1.807) is 27.7 Å². The Hall–Kier alpha value is -2.14. The number of likely N-dealkylation sites (tertiary alicyclic amines) is 1. The molecule has 0 aromatic rings. The molecule has 7 unspecified atom stereocenters. The number of amides is 3. The summed E-state index contributed by atoms with van der Waals surface area (Å²) in [6.07, 6.45) is 8.50. The van der Waals surface area contributed by atoms with E-state index in [0.717, 1.165) is 51.4 Å². The minimum Gasteiger partial charge on any atom is -0.444 e. The molecule has 258 valence electrons. The molecule has 46 heavy (non-hydrogen) atoms. The van der Waals surface area contributed by atoms with Crippen molar-refractivity contribution >= 4 is 30.8 Å². The van der Waals surface area contributed by atoms with E-state index in [0.29, 0.717) is 24.8 Å². The van der Waals surface area contributed by atoms with Crippen LogP contribution < -0.4 is 10.6 Å². The highest BCUT2D eigenvalue weighted by Gasteiger charge is 2.68. The van der Waals surface area contributed by atoms with Gasteiger partial charge in [-0.15, -0.1) is 0 Å². The Morgan fingerprint density at radius 3 is 2.35 bits per heavy atom. The number of hydrogen-bond donors (Lipinski definition) is 2. The van der Waals surface area contributed by atoms with Crippen LogP contribution >= 0.6 is 0 Å². The molecule has 6 rings (SSSR count). The lowest BCUT2D eigenvalue weighted by atomic mass is 9.45. The molecule has 4 saturated carbocycles. The number of ketones is 1. The maximum absolute atomic E-state index is 13.9. The number of nitrogens with one attached hydrogen (secondary N) is 2. The van der Waals surface area contributed by atoms with Gasteiger partial charge in [-0.3, -0.25) is 14.4 Å². The maximum Gasteiger partial charge on any atom is 0.481 e. The van der Waals surface area contributed by atoms with Gasteiger partial charge in [0.2, 0.25) is 11.8 Å². The first-order chi connectivity index (χ1) is 21.5. The van der Waals surface area contributed by atoms with Crippen molar-refractivity contribution in [3.05, 3.63) is 0 Å². The fourth-order valence-electron chi connectivity index (χ4n) is 8.99. The number of rotatable bonds is 10. The molecular weight excluding hydrogens is 585 g/mol. The highest BCUT2D eigenvalue weighted by atomic mass is 16.7. The van der Waals surface area contributed by atoms with E-state index in [9.17, 15) is 19.2 Å². The van der Waals surface area contributed by atoms with Gasteiger partial charge in [0.25, 0.3) is 0 Å². The average Bonchev–Trinajstić information content (AvgIpc) is 3.62. The number of ether oxygens (including phenoxy) is 1. The minimum atomic E-state index is -0.703. The average molecular weight is 644 g/mol. The Morgan fingerprint density at radius 2 is 1.72 bits per heavy atom. The predicted molar refractivity (Wildman–Crippen MR) is 176 cm³/mol. The van der Waals surface area contributed by atoms with E-state index >= 15 is 0 Å². The second-order valence-electron chi connectivity index (χ2n) is 16.7. The van der Waals surface area contributed by atoms with E-state index in [-0.39, 0.29) is 53.0 Å². The fourth-order valence-corrected chi connectivity index (χ4v) is 8.99. The molecule has 10 nitrogen and oxygen atoms in total. The fraction of sp³-hybridized carbons (Fsp3) is 0.886. The van der Waals surface area contributed by atoms with Crippen LogP contribution in [0.15, 0.2) is 0 Å². The molecule has 6 aliphatic rings. The summed E-state index contributed by atoms with van der Waals surface area (Å²) in [6, 6.07) is -1.40. The van der Waals surface area contributed by atoms with Crippen molar-refractivity contribution in [2.24, 2.45) is 29.1 Å². The molecule has 2 aliphatic heterocycles. The summed E-state index contributed by atoms with van der Waals surface area (Å²) in [5, 5.41) is 5.79. The van der Waals surface area contributed by atoms with E-state index in [1.807, 2.05) is 11.8 Å². The SMILES string of the molecule is CCC(NC(=O)C(C)CC(=O)C(NC(=O)OC(C)(C)C)C1CCCCC1)C(=O)N1CCCC1B1OC2C3CC(C[C@]2(C)O1)C3(C)C. The van der Waals surface area contributed by atoms with Crippen LogP contribution in [0, 0.1) is 29.1 Å². The van der Waals surface area contributed by atoms with Gasteiger partial charge in [0.15, 0.2) is 5.78 Å². The molecule has 3 amide bonds. The minimum absolute atomic E-state index is 0.0177. The van der Waals surface area contributed by atoms with Gasteiger partial charge >= 0.3 is 13.2 Å². The van der Waals surface area contributed by atoms with E-state index in [2.05, 4.69) is 31.4 Å². The Morgan fingerprint density at radius 1 is 1.02 bits per heavy atom. The molecule has 0 spiro atoms. The van der Waals surface area contributed by atoms with Crippen molar-refractivity contribution in [2.45, 2.75) is 161 Å².